The first-order valence-corrected chi connectivity index (χ1v) is 15.5. The average molecular weight is 604 g/mol. The van der Waals surface area contributed by atoms with Crippen molar-refractivity contribution in [2.24, 2.45) is 3.09 Å². The van der Waals surface area contributed by atoms with E-state index >= 15 is 0 Å². The quantitative estimate of drug-likeness (QED) is 0.318. The summed E-state index contributed by atoms with van der Waals surface area (Å²) in [5.74, 6) is 0.833. The SMILES string of the molecule is COc1cccc[c]1[Sb](=[N]C(=O)C(Cl)(Cl)Cl)([c]1ccccc1OC)[c]1ccccc1OC. The van der Waals surface area contributed by atoms with E-state index in [1.54, 1.807) is 21.3 Å². The molecule has 3 rings (SSSR count). The molecule has 0 N–H and O–H groups in total. The zero-order valence-corrected chi connectivity index (χ0v) is 22.4. The molecule has 3 aromatic rings. The van der Waals surface area contributed by atoms with Crippen LogP contribution in [0.4, 0.5) is 0 Å². The number of benzene rings is 3. The molecular weight excluding hydrogens is 582 g/mol. The number of methoxy groups -OCH3 is 3. The van der Waals surface area contributed by atoms with Crippen molar-refractivity contribution < 1.29 is 19.0 Å². The van der Waals surface area contributed by atoms with Crippen molar-refractivity contribution >= 4 is 69.9 Å². The van der Waals surface area contributed by atoms with Gasteiger partial charge in [-0.1, -0.05) is 0 Å². The molecule has 0 heterocycles. The van der Waals surface area contributed by atoms with Crippen LogP contribution in [-0.4, -0.2) is 49.7 Å². The van der Waals surface area contributed by atoms with Crippen LogP contribution in [0.2, 0.25) is 0 Å². The Balaban J connectivity index is 2.64. The molecule has 0 bridgehead atoms. The number of hydrogen-bond acceptors (Lipinski definition) is 4. The molecule has 0 saturated carbocycles. The van der Waals surface area contributed by atoms with Crippen LogP contribution in [0, 0.1) is 0 Å². The number of ether oxygens (including phenoxy) is 3. The Morgan fingerprint density at radius 3 is 1.28 bits per heavy atom. The molecule has 0 unspecified atom stereocenters. The van der Waals surface area contributed by atoms with Gasteiger partial charge < -0.3 is 0 Å². The first-order valence-electron chi connectivity index (χ1n) is 9.43. The predicted molar refractivity (Wildman–Crippen MR) is 131 cm³/mol. The third-order valence-corrected chi connectivity index (χ3v) is 15.8. The number of rotatable bonds is 6. The fraction of sp³-hybridized carbons (Fsp3) is 0.174. The first-order chi connectivity index (χ1) is 15.3. The second-order valence-corrected chi connectivity index (χ2v) is 17.2. The molecule has 0 spiro atoms. The van der Waals surface area contributed by atoms with E-state index in [0.717, 1.165) is 10.5 Å². The second-order valence-electron chi connectivity index (χ2n) is 6.55. The molecule has 9 heteroatoms. The molecule has 0 aliphatic rings. The van der Waals surface area contributed by atoms with Crippen LogP contribution in [0.3, 0.4) is 0 Å². The van der Waals surface area contributed by atoms with E-state index in [2.05, 4.69) is 0 Å². The maximum absolute atomic E-state index is 13.2. The fourth-order valence-corrected chi connectivity index (χ4v) is 15.2. The summed E-state index contributed by atoms with van der Waals surface area (Å²) in [4.78, 5) is 13.2. The van der Waals surface area contributed by atoms with E-state index in [0.29, 0.717) is 17.2 Å². The molecule has 168 valence electrons. The molecule has 0 atom stereocenters. The fourth-order valence-electron chi connectivity index (χ4n) is 3.44. The van der Waals surface area contributed by atoms with Crippen LogP contribution in [-0.2, 0) is 4.79 Å². The number of para-hydroxylation sites is 3. The minimum absolute atomic E-state index is 0.566. The third-order valence-electron chi connectivity index (χ3n) is 4.78. The molecular formula is C23H21Cl3NO4Sb. The van der Waals surface area contributed by atoms with E-state index in [1.165, 1.54) is 0 Å². The normalized spacial score (nSPS) is 11.6. The van der Waals surface area contributed by atoms with Gasteiger partial charge in [0, 0.05) is 0 Å². The molecule has 32 heavy (non-hydrogen) atoms. The Morgan fingerprint density at radius 2 is 1.00 bits per heavy atom. The average Bonchev–Trinajstić information content (AvgIpc) is 2.81. The summed E-state index contributed by atoms with van der Waals surface area (Å²) in [7, 11) is 4.69. The van der Waals surface area contributed by atoms with Gasteiger partial charge in [0.1, 0.15) is 0 Å². The van der Waals surface area contributed by atoms with Gasteiger partial charge in [-0.3, -0.25) is 0 Å². The van der Waals surface area contributed by atoms with Gasteiger partial charge in [-0.05, 0) is 0 Å². The van der Waals surface area contributed by atoms with Gasteiger partial charge in [0.25, 0.3) is 0 Å². The number of carbonyl (C=O) groups is 1. The van der Waals surface area contributed by atoms with E-state index < -0.39 is 28.3 Å². The van der Waals surface area contributed by atoms with Crippen molar-refractivity contribution in [1.82, 2.24) is 0 Å². The van der Waals surface area contributed by atoms with Gasteiger partial charge in [-0.25, -0.2) is 0 Å². The van der Waals surface area contributed by atoms with Crippen molar-refractivity contribution in [2.45, 2.75) is 3.79 Å². The van der Waals surface area contributed by atoms with Crippen molar-refractivity contribution in [2.75, 3.05) is 21.3 Å². The minimum atomic E-state index is -4.58. The second kappa shape index (κ2) is 10.4. The molecule has 0 fully saturated rings. The molecule has 3 aromatic carbocycles. The van der Waals surface area contributed by atoms with Gasteiger partial charge in [-0.2, -0.15) is 0 Å². The standard InChI is InChI=1S/3C7H7O.C2Cl3NO.Sb/c3*1-8-7-5-3-2-4-6-7;3-2(4,5)1(6)7;/h3*2-5H,1H3;;. The number of amides is 1. The van der Waals surface area contributed by atoms with Gasteiger partial charge in [0.15, 0.2) is 0 Å². The Bertz CT molecular complexity index is 1060. The summed E-state index contributed by atoms with van der Waals surface area (Å²) in [6.45, 7) is 0. The summed E-state index contributed by atoms with van der Waals surface area (Å²) in [5, 5.41) is 0. The first kappa shape index (κ1) is 24.9. The summed E-state index contributed by atoms with van der Waals surface area (Å²) in [6, 6.07) is 22.2. The molecule has 1 amide bonds. The number of hydrogen-bond donors (Lipinski definition) is 0. The van der Waals surface area contributed by atoms with Crippen molar-refractivity contribution in [1.29, 1.82) is 0 Å². The zero-order valence-electron chi connectivity index (χ0n) is 17.6. The van der Waals surface area contributed by atoms with Crippen LogP contribution in [0.15, 0.2) is 75.9 Å². The van der Waals surface area contributed by atoms with Crippen LogP contribution < -0.4 is 24.7 Å². The molecule has 0 aliphatic heterocycles. The number of carbonyl (C=O) groups excluding carboxylic acids is 1. The maximum atomic E-state index is 13.2. The zero-order chi connectivity index (χ0) is 23.4. The molecule has 0 saturated heterocycles. The third kappa shape index (κ3) is 4.77. The van der Waals surface area contributed by atoms with Crippen molar-refractivity contribution in [3.05, 3.63) is 72.8 Å². The van der Waals surface area contributed by atoms with Crippen molar-refractivity contribution in [3.63, 3.8) is 0 Å². The summed E-state index contributed by atoms with van der Waals surface area (Å²) in [5.41, 5.74) is 0. The van der Waals surface area contributed by atoms with E-state index in [-0.39, 0.29) is 0 Å². The number of alkyl halides is 3. The van der Waals surface area contributed by atoms with E-state index in [9.17, 15) is 4.79 Å². The van der Waals surface area contributed by atoms with Crippen LogP contribution in [0.25, 0.3) is 0 Å². The van der Waals surface area contributed by atoms with Crippen LogP contribution in [0.1, 0.15) is 0 Å². The molecule has 5 nitrogen and oxygen atoms in total. The van der Waals surface area contributed by atoms with Crippen molar-refractivity contribution in [3.8, 4) is 17.2 Å². The number of halogens is 3. The molecule has 0 aromatic heterocycles. The Morgan fingerprint density at radius 1 is 0.688 bits per heavy atom. The predicted octanol–water partition coefficient (Wildman–Crippen LogP) is 3.84. The summed E-state index contributed by atoms with van der Waals surface area (Å²) in [6.07, 6.45) is 0. The van der Waals surface area contributed by atoms with Gasteiger partial charge in [0.2, 0.25) is 0 Å². The van der Waals surface area contributed by atoms with Crippen LogP contribution in [0.5, 0.6) is 17.2 Å². The van der Waals surface area contributed by atoms with Gasteiger partial charge in [0.05, 0.1) is 0 Å². The molecule has 0 aliphatic carbocycles. The Kier molecular flexibility index (Phi) is 8.10. The van der Waals surface area contributed by atoms with Gasteiger partial charge in [-0.15, -0.1) is 0 Å². The van der Waals surface area contributed by atoms with Crippen LogP contribution >= 0.6 is 34.8 Å². The summed E-state index contributed by atoms with van der Waals surface area (Å²) < 4.78 is 21.9. The molecule has 0 radical (unpaired) electrons. The Labute approximate surface area is 206 Å². The summed E-state index contributed by atoms with van der Waals surface area (Å²) >= 11 is 13.4. The van der Waals surface area contributed by atoms with Gasteiger partial charge >= 0.3 is 207 Å². The topological polar surface area (TPSA) is 57.1 Å². The monoisotopic (exact) mass is 601 g/mol. The van der Waals surface area contributed by atoms with E-state index in [4.69, 9.17) is 52.1 Å². The number of nitrogens with zero attached hydrogens (tertiary/aromatic N) is 1. The van der Waals surface area contributed by atoms with E-state index in [1.807, 2.05) is 72.8 Å². The Hall–Kier alpha value is -1.78.